The summed E-state index contributed by atoms with van der Waals surface area (Å²) in [6, 6.07) is 27.2. The number of nitrogens with zero attached hydrogens (tertiary/aromatic N) is 5. The molecule has 5 heteroatoms. The van der Waals surface area contributed by atoms with E-state index in [1.54, 1.807) is 0 Å². The molecule has 5 rings (SSSR count). The zero-order valence-electron chi connectivity index (χ0n) is 17.6. The van der Waals surface area contributed by atoms with Gasteiger partial charge in [-0.3, -0.25) is 0 Å². The molecule has 0 radical (unpaired) electrons. The molecule has 2 heterocycles. The Morgan fingerprint density at radius 1 is 0.581 bits per heavy atom. The number of aromatic nitrogens is 4. The van der Waals surface area contributed by atoms with Gasteiger partial charge in [0.05, 0.1) is 23.8 Å². The van der Waals surface area contributed by atoms with E-state index in [2.05, 4.69) is 87.9 Å². The normalized spacial score (nSPS) is 10.9. The smallest absolute Gasteiger partial charge is 0.0666 e. The molecule has 0 amide bonds. The first kappa shape index (κ1) is 18.9. The first-order chi connectivity index (χ1) is 15.2. The molecule has 31 heavy (non-hydrogen) atoms. The monoisotopic (exact) mass is 405 g/mol. The van der Waals surface area contributed by atoms with Gasteiger partial charge in [-0.1, -0.05) is 30.3 Å². The summed E-state index contributed by atoms with van der Waals surface area (Å²) in [7, 11) is 0. The summed E-state index contributed by atoms with van der Waals surface area (Å²) < 4.78 is 3.82. The summed E-state index contributed by atoms with van der Waals surface area (Å²) in [6.07, 6.45) is 7.81. The molecule has 0 spiro atoms. The maximum Gasteiger partial charge on any atom is 0.0666 e. The molecule has 0 aliphatic carbocycles. The molecule has 0 saturated carbocycles. The lowest BCUT2D eigenvalue weighted by Crippen LogP contribution is -2.11. The summed E-state index contributed by atoms with van der Waals surface area (Å²) in [5.41, 5.74) is 7.51. The third kappa shape index (κ3) is 3.85. The van der Waals surface area contributed by atoms with E-state index >= 15 is 0 Å². The first-order valence-electron chi connectivity index (χ1n) is 10.3. The van der Waals surface area contributed by atoms with Gasteiger partial charge in [-0.05, 0) is 73.5 Å². The largest absolute Gasteiger partial charge is 0.310 e. The van der Waals surface area contributed by atoms with E-state index in [-0.39, 0.29) is 0 Å². The van der Waals surface area contributed by atoms with Crippen molar-refractivity contribution in [3.05, 3.63) is 115 Å². The number of aryl methyl sites for hydroxylation is 2. The van der Waals surface area contributed by atoms with Crippen LogP contribution in [0.3, 0.4) is 0 Å². The lowest BCUT2D eigenvalue weighted by Gasteiger charge is -2.26. The van der Waals surface area contributed by atoms with E-state index in [4.69, 9.17) is 0 Å². The molecule has 0 unspecified atom stereocenters. The van der Waals surface area contributed by atoms with E-state index in [9.17, 15) is 0 Å². The number of hydrogen-bond donors (Lipinski definition) is 0. The van der Waals surface area contributed by atoms with E-state index < -0.39 is 0 Å². The van der Waals surface area contributed by atoms with Gasteiger partial charge in [-0.25, -0.2) is 9.36 Å². The van der Waals surface area contributed by atoms with Crippen molar-refractivity contribution in [1.82, 2.24) is 19.6 Å². The zero-order chi connectivity index (χ0) is 21.2. The van der Waals surface area contributed by atoms with Crippen molar-refractivity contribution in [2.75, 3.05) is 4.90 Å². The van der Waals surface area contributed by atoms with Crippen molar-refractivity contribution < 1.29 is 0 Å². The Bertz CT molecular complexity index is 1230. The average Bonchev–Trinajstić information content (AvgIpc) is 3.44. The van der Waals surface area contributed by atoms with Gasteiger partial charge in [-0.2, -0.15) is 10.2 Å². The van der Waals surface area contributed by atoms with Crippen LogP contribution in [0, 0.1) is 13.8 Å². The minimum atomic E-state index is 1.02. The molecule has 0 fully saturated rings. The van der Waals surface area contributed by atoms with Gasteiger partial charge in [0.2, 0.25) is 0 Å². The highest BCUT2D eigenvalue weighted by Crippen LogP contribution is 2.36. The highest BCUT2D eigenvalue weighted by molar-refractivity contribution is 5.78. The molecule has 0 atom stereocenters. The fraction of sp³-hybridized carbons (Fsp3) is 0.0769. The SMILES string of the molecule is Cc1cnn(-c2cccc(N(c3ccccc3)c3cccc(-n4cc(C)cn4)c3)c2)c1. The summed E-state index contributed by atoms with van der Waals surface area (Å²) in [6.45, 7) is 4.10. The van der Waals surface area contributed by atoms with Crippen LogP contribution in [-0.2, 0) is 0 Å². The molecule has 0 saturated heterocycles. The summed E-state index contributed by atoms with van der Waals surface area (Å²) >= 11 is 0. The molecular formula is C26H23N5. The molecule has 3 aromatic carbocycles. The number of rotatable bonds is 5. The molecule has 0 N–H and O–H groups in total. The second-order valence-corrected chi connectivity index (χ2v) is 7.64. The van der Waals surface area contributed by atoms with Crippen molar-refractivity contribution >= 4 is 17.1 Å². The molecule has 5 nitrogen and oxygen atoms in total. The number of anilines is 3. The van der Waals surface area contributed by atoms with Gasteiger partial charge in [0.25, 0.3) is 0 Å². The molecule has 0 aliphatic heterocycles. The molecule has 5 aromatic rings. The quantitative estimate of drug-likeness (QED) is 0.352. The highest BCUT2D eigenvalue weighted by atomic mass is 15.3. The highest BCUT2D eigenvalue weighted by Gasteiger charge is 2.14. The van der Waals surface area contributed by atoms with Crippen LogP contribution in [0.4, 0.5) is 17.1 Å². The van der Waals surface area contributed by atoms with Crippen molar-refractivity contribution in [1.29, 1.82) is 0 Å². The minimum Gasteiger partial charge on any atom is -0.310 e. The van der Waals surface area contributed by atoms with E-state index in [0.29, 0.717) is 0 Å². The van der Waals surface area contributed by atoms with Crippen LogP contribution in [0.2, 0.25) is 0 Å². The summed E-state index contributed by atoms with van der Waals surface area (Å²) in [5.74, 6) is 0. The first-order valence-corrected chi connectivity index (χ1v) is 10.3. The average molecular weight is 406 g/mol. The predicted molar refractivity (Wildman–Crippen MR) is 125 cm³/mol. The van der Waals surface area contributed by atoms with E-state index in [0.717, 1.165) is 39.6 Å². The van der Waals surface area contributed by atoms with Gasteiger partial charge < -0.3 is 4.90 Å². The Kier molecular flexibility index (Phi) is 4.84. The maximum atomic E-state index is 4.47. The Morgan fingerprint density at radius 3 is 1.52 bits per heavy atom. The van der Waals surface area contributed by atoms with Crippen molar-refractivity contribution in [3.8, 4) is 11.4 Å². The van der Waals surface area contributed by atoms with E-state index in [1.807, 2.05) is 54.1 Å². The minimum absolute atomic E-state index is 1.02. The summed E-state index contributed by atoms with van der Waals surface area (Å²) in [5, 5.41) is 8.95. The third-order valence-corrected chi connectivity index (χ3v) is 5.14. The standard InChI is InChI=1S/C26H23N5/c1-20-16-27-29(18-20)23-10-6-12-25(14-23)31(22-8-4-3-5-9-22)26-13-7-11-24(15-26)30-19-21(2)17-28-30/h3-19H,1-2H3. The lowest BCUT2D eigenvalue weighted by molar-refractivity contribution is 0.878. The number of benzene rings is 3. The van der Waals surface area contributed by atoms with Crippen LogP contribution in [0.25, 0.3) is 11.4 Å². The van der Waals surface area contributed by atoms with Crippen LogP contribution < -0.4 is 4.90 Å². The molecule has 0 bridgehead atoms. The Balaban J connectivity index is 1.63. The fourth-order valence-electron chi connectivity index (χ4n) is 3.68. The van der Waals surface area contributed by atoms with Gasteiger partial charge in [-0.15, -0.1) is 0 Å². The third-order valence-electron chi connectivity index (χ3n) is 5.14. The van der Waals surface area contributed by atoms with E-state index in [1.165, 1.54) is 0 Å². The van der Waals surface area contributed by atoms with Gasteiger partial charge in [0, 0.05) is 29.5 Å². The van der Waals surface area contributed by atoms with Crippen molar-refractivity contribution in [2.45, 2.75) is 13.8 Å². The molecular weight excluding hydrogens is 382 g/mol. The number of para-hydroxylation sites is 1. The van der Waals surface area contributed by atoms with Crippen LogP contribution >= 0.6 is 0 Å². The topological polar surface area (TPSA) is 38.9 Å². The second kappa shape index (κ2) is 7.95. The zero-order valence-corrected chi connectivity index (χ0v) is 17.6. The van der Waals surface area contributed by atoms with Gasteiger partial charge in [0.1, 0.15) is 0 Å². The van der Waals surface area contributed by atoms with Crippen LogP contribution in [0.15, 0.2) is 104 Å². The molecule has 152 valence electrons. The number of hydrogen-bond acceptors (Lipinski definition) is 3. The fourth-order valence-corrected chi connectivity index (χ4v) is 3.68. The van der Waals surface area contributed by atoms with Gasteiger partial charge in [0.15, 0.2) is 0 Å². The second-order valence-electron chi connectivity index (χ2n) is 7.64. The Labute approximate surface area is 181 Å². The van der Waals surface area contributed by atoms with Crippen LogP contribution in [0.1, 0.15) is 11.1 Å². The van der Waals surface area contributed by atoms with Gasteiger partial charge >= 0.3 is 0 Å². The molecule has 2 aromatic heterocycles. The summed E-state index contributed by atoms with van der Waals surface area (Å²) in [4.78, 5) is 2.25. The van der Waals surface area contributed by atoms with Crippen molar-refractivity contribution in [3.63, 3.8) is 0 Å². The maximum absolute atomic E-state index is 4.47. The lowest BCUT2D eigenvalue weighted by atomic mass is 10.1. The predicted octanol–water partition coefficient (Wildman–Crippen LogP) is 6.14. The molecule has 0 aliphatic rings. The van der Waals surface area contributed by atoms with Crippen molar-refractivity contribution in [2.24, 2.45) is 0 Å². The Hall–Kier alpha value is -4.12. The van der Waals surface area contributed by atoms with Crippen LogP contribution in [0.5, 0.6) is 0 Å². The Morgan fingerprint density at radius 2 is 1.06 bits per heavy atom. The van der Waals surface area contributed by atoms with Crippen LogP contribution in [-0.4, -0.2) is 19.6 Å².